The molecule has 0 heterocycles. The number of hydrogen-bond acceptors (Lipinski definition) is 3. The molecule has 2 aromatic rings. The Morgan fingerprint density at radius 1 is 1.29 bits per heavy atom. The van der Waals surface area contributed by atoms with E-state index in [0.717, 1.165) is 4.47 Å². The number of rotatable bonds is 5. The van der Waals surface area contributed by atoms with Crippen molar-refractivity contribution >= 4 is 44.8 Å². The number of hydrogen-bond donors (Lipinski definition) is 2. The van der Waals surface area contributed by atoms with Crippen LogP contribution in [-0.4, -0.2) is 12.5 Å². The first kappa shape index (κ1) is 15.7. The van der Waals surface area contributed by atoms with Gasteiger partial charge in [-0.2, -0.15) is 0 Å². The Hall–Kier alpha value is -1.72. The molecular formula is C15H14BrClN2O2. The third-order valence-corrected chi connectivity index (χ3v) is 3.59. The van der Waals surface area contributed by atoms with Crippen molar-refractivity contribution in [1.82, 2.24) is 0 Å². The minimum atomic E-state index is -0.151. The average Bonchev–Trinajstić information content (AvgIpc) is 2.43. The van der Waals surface area contributed by atoms with Gasteiger partial charge in [-0.1, -0.05) is 17.7 Å². The molecule has 0 atom stereocenters. The standard InChI is InChI=1S/C15H14BrClN2O2/c16-13-5-4-10(17)8-14(13)19-15(20)6-7-21-12-3-1-2-11(18)9-12/h1-5,8-9H,6-7,18H2,(H,19,20). The molecule has 0 fully saturated rings. The maximum absolute atomic E-state index is 11.9. The molecule has 2 rings (SSSR count). The maximum Gasteiger partial charge on any atom is 0.227 e. The Balaban J connectivity index is 1.84. The van der Waals surface area contributed by atoms with E-state index in [9.17, 15) is 4.79 Å². The van der Waals surface area contributed by atoms with Gasteiger partial charge >= 0.3 is 0 Å². The van der Waals surface area contributed by atoms with E-state index in [1.165, 1.54) is 0 Å². The highest BCUT2D eigenvalue weighted by molar-refractivity contribution is 9.10. The van der Waals surface area contributed by atoms with Crippen LogP contribution in [0.5, 0.6) is 5.75 Å². The maximum atomic E-state index is 11.9. The summed E-state index contributed by atoms with van der Waals surface area (Å²) in [7, 11) is 0. The third kappa shape index (κ3) is 4.95. The number of nitrogens with one attached hydrogen (secondary N) is 1. The van der Waals surface area contributed by atoms with Crippen LogP contribution in [0.4, 0.5) is 11.4 Å². The number of benzene rings is 2. The largest absolute Gasteiger partial charge is 0.493 e. The molecule has 0 bridgehead atoms. The van der Waals surface area contributed by atoms with Gasteiger partial charge in [-0.25, -0.2) is 0 Å². The molecule has 110 valence electrons. The normalized spacial score (nSPS) is 10.2. The quantitative estimate of drug-likeness (QED) is 0.780. The molecule has 6 heteroatoms. The zero-order valence-electron chi connectivity index (χ0n) is 11.1. The molecule has 0 saturated carbocycles. The number of nitrogen functional groups attached to an aromatic ring is 1. The highest BCUT2D eigenvalue weighted by Gasteiger charge is 2.07. The van der Waals surface area contributed by atoms with Gasteiger partial charge in [0.25, 0.3) is 0 Å². The van der Waals surface area contributed by atoms with E-state index in [4.69, 9.17) is 22.1 Å². The molecule has 0 aliphatic carbocycles. The van der Waals surface area contributed by atoms with Crippen molar-refractivity contribution < 1.29 is 9.53 Å². The fraction of sp³-hybridized carbons (Fsp3) is 0.133. The van der Waals surface area contributed by atoms with Crippen molar-refractivity contribution in [3.05, 3.63) is 52.0 Å². The summed E-state index contributed by atoms with van der Waals surface area (Å²) >= 11 is 9.24. The van der Waals surface area contributed by atoms with E-state index in [0.29, 0.717) is 22.1 Å². The fourth-order valence-electron chi connectivity index (χ4n) is 1.67. The van der Waals surface area contributed by atoms with Crippen molar-refractivity contribution in [2.45, 2.75) is 6.42 Å². The fourth-order valence-corrected chi connectivity index (χ4v) is 2.19. The molecule has 1 amide bonds. The van der Waals surface area contributed by atoms with E-state index >= 15 is 0 Å². The summed E-state index contributed by atoms with van der Waals surface area (Å²) in [6.07, 6.45) is 0.230. The summed E-state index contributed by atoms with van der Waals surface area (Å²) < 4.78 is 6.25. The first-order valence-corrected chi connectivity index (χ1v) is 7.45. The van der Waals surface area contributed by atoms with E-state index in [-0.39, 0.29) is 18.9 Å². The van der Waals surface area contributed by atoms with Gasteiger partial charge in [0.1, 0.15) is 5.75 Å². The average molecular weight is 370 g/mol. The van der Waals surface area contributed by atoms with Crippen LogP contribution in [0.3, 0.4) is 0 Å². The van der Waals surface area contributed by atoms with Crippen LogP contribution in [-0.2, 0) is 4.79 Å². The van der Waals surface area contributed by atoms with E-state index in [2.05, 4.69) is 21.2 Å². The first-order valence-electron chi connectivity index (χ1n) is 6.28. The Kier molecular flexibility index (Phi) is 5.47. The van der Waals surface area contributed by atoms with E-state index < -0.39 is 0 Å². The van der Waals surface area contributed by atoms with E-state index in [1.54, 1.807) is 42.5 Å². The van der Waals surface area contributed by atoms with Crippen LogP contribution in [0.1, 0.15) is 6.42 Å². The Morgan fingerprint density at radius 2 is 2.10 bits per heavy atom. The number of amides is 1. The van der Waals surface area contributed by atoms with Gasteiger partial charge in [-0.15, -0.1) is 0 Å². The van der Waals surface area contributed by atoms with Crippen LogP contribution in [0.25, 0.3) is 0 Å². The van der Waals surface area contributed by atoms with E-state index in [1.807, 2.05) is 0 Å². The summed E-state index contributed by atoms with van der Waals surface area (Å²) in [5.41, 5.74) is 6.91. The van der Waals surface area contributed by atoms with Gasteiger partial charge in [0, 0.05) is 21.2 Å². The molecule has 0 radical (unpaired) electrons. The van der Waals surface area contributed by atoms with Crippen molar-refractivity contribution in [3.8, 4) is 5.75 Å². The van der Waals surface area contributed by atoms with Gasteiger partial charge in [0.05, 0.1) is 18.7 Å². The molecule has 21 heavy (non-hydrogen) atoms. The van der Waals surface area contributed by atoms with Gasteiger partial charge in [0.2, 0.25) is 5.91 Å². The first-order chi connectivity index (χ1) is 10.0. The number of anilines is 2. The summed E-state index contributed by atoms with van der Waals surface area (Å²) in [5.74, 6) is 0.494. The molecule has 0 unspecified atom stereocenters. The van der Waals surface area contributed by atoms with Gasteiger partial charge < -0.3 is 15.8 Å². The molecular weight excluding hydrogens is 356 g/mol. The highest BCUT2D eigenvalue weighted by Crippen LogP contribution is 2.26. The molecule has 0 aliphatic rings. The van der Waals surface area contributed by atoms with Crippen LogP contribution in [0.15, 0.2) is 46.9 Å². The molecule has 0 aliphatic heterocycles. The molecule has 4 nitrogen and oxygen atoms in total. The van der Waals surface area contributed by atoms with Crippen molar-refractivity contribution in [2.75, 3.05) is 17.7 Å². The second-order valence-electron chi connectivity index (χ2n) is 4.34. The predicted molar refractivity (Wildman–Crippen MR) is 88.7 cm³/mol. The van der Waals surface area contributed by atoms with Gasteiger partial charge in [-0.3, -0.25) is 4.79 Å². The minimum Gasteiger partial charge on any atom is -0.493 e. The summed E-state index contributed by atoms with van der Waals surface area (Å²) in [6, 6.07) is 12.3. The number of carbonyl (C=O) groups excluding carboxylic acids is 1. The van der Waals surface area contributed by atoms with Gasteiger partial charge in [0.15, 0.2) is 0 Å². The Morgan fingerprint density at radius 3 is 2.86 bits per heavy atom. The lowest BCUT2D eigenvalue weighted by Crippen LogP contribution is -2.15. The lowest BCUT2D eigenvalue weighted by Gasteiger charge is -2.09. The summed E-state index contributed by atoms with van der Waals surface area (Å²) in [6.45, 7) is 0.271. The van der Waals surface area contributed by atoms with Crippen molar-refractivity contribution in [3.63, 3.8) is 0 Å². The third-order valence-electron chi connectivity index (χ3n) is 2.66. The second kappa shape index (κ2) is 7.33. The number of carbonyl (C=O) groups is 1. The number of ether oxygens (including phenoxy) is 1. The van der Waals surface area contributed by atoms with Crippen LogP contribution in [0, 0.1) is 0 Å². The zero-order valence-corrected chi connectivity index (χ0v) is 13.4. The summed E-state index contributed by atoms with van der Waals surface area (Å²) in [5, 5.41) is 3.33. The molecule has 0 spiro atoms. The van der Waals surface area contributed by atoms with Crippen molar-refractivity contribution in [2.24, 2.45) is 0 Å². The Labute approximate surface area is 136 Å². The number of halogens is 2. The smallest absolute Gasteiger partial charge is 0.227 e. The predicted octanol–water partition coefficient (Wildman–Crippen LogP) is 4.09. The van der Waals surface area contributed by atoms with Crippen LogP contribution < -0.4 is 15.8 Å². The summed E-state index contributed by atoms with van der Waals surface area (Å²) in [4.78, 5) is 11.9. The lowest BCUT2D eigenvalue weighted by atomic mass is 10.3. The lowest BCUT2D eigenvalue weighted by molar-refractivity contribution is -0.116. The SMILES string of the molecule is Nc1cccc(OCCC(=O)Nc2cc(Cl)ccc2Br)c1. The van der Waals surface area contributed by atoms with Crippen LogP contribution in [0.2, 0.25) is 5.02 Å². The second-order valence-corrected chi connectivity index (χ2v) is 5.63. The number of nitrogens with two attached hydrogens (primary N) is 1. The monoisotopic (exact) mass is 368 g/mol. The Bertz CT molecular complexity index is 649. The molecule has 2 aromatic carbocycles. The topological polar surface area (TPSA) is 64.3 Å². The minimum absolute atomic E-state index is 0.151. The molecule has 0 aromatic heterocycles. The zero-order chi connectivity index (χ0) is 15.2. The molecule has 3 N–H and O–H groups in total. The van der Waals surface area contributed by atoms with Gasteiger partial charge in [-0.05, 0) is 46.3 Å². The molecule has 0 saturated heterocycles. The highest BCUT2D eigenvalue weighted by atomic mass is 79.9. The van der Waals surface area contributed by atoms with Crippen LogP contribution >= 0.6 is 27.5 Å². The van der Waals surface area contributed by atoms with Crippen molar-refractivity contribution in [1.29, 1.82) is 0 Å².